The van der Waals surface area contributed by atoms with Crippen LogP contribution in [0.15, 0.2) is 24.4 Å². The number of methoxy groups -OCH3 is 1. The summed E-state index contributed by atoms with van der Waals surface area (Å²) in [6, 6.07) is 4.56. The van der Waals surface area contributed by atoms with Crippen molar-refractivity contribution in [2.45, 2.75) is 13.5 Å². The molecule has 1 aromatic heterocycles. The first-order chi connectivity index (χ1) is 8.74. The van der Waals surface area contributed by atoms with Crippen molar-refractivity contribution in [3.63, 3.8) is 0 Å². The molecular weight excluding hydrogens is 235 g/mol. The molecule has 0 radical (unpaired) electrons. The highest BCUT2D eigenvalue weighted by Crippen LogP contribution is 2.20. The quantitative estimate of drug-likeness (QED) is 0.874. The average Bonchev–Trinajstić information content (AvgIpc) is 2.85. The van der Waals surface area contributed by atoms with Crippen molar-refractivity contribution in [3.05, 3.63) is 35.9 Å². The summed E-state index contributed by atoms with van der Waals surface area (Å²) in [5, 5.41) is 11.2. The topological polar surface area (TPSA) is 52.0 Å². The third-order valence-corrected chi connectivity index (χ3v) is 2.50. The van der Waals surface area contributed by atoms with Gasteiger partial charge in [-0.05, 0) is 18.7 Å². The predicted octanol–water partition coefficient (Wildman–Crippen LogP) is 1.52. The van der Waals surface area contributed by atoms with Gasteiger partial charge in [-0.2, -0.15) is 0 Å². The molecule has 5 nitrogen and oxygen atoms in total. The zero-order valence-corrected chi connectivity index (χ0v) is 10.4. The van der Waals surface area contributed by atoms with Crippen molar-refractivity contribution in [2.24, 2.45) is 0 Å². The Morgan fingerprint density at radius 1 is 1.44 bits per heavy atom. The van der Waals surface area contributed by atoms with E-state index in [0.29, 0.717) is 12.2 Å². The Balaban J connectivity index is 2.23. The Kier molecular flexibility index (Phi) is 3.88. The third kappa shape index (κ3) is 2.65. The smallest absolute Gasteiger partial charge is 0.165 e. The van der Waals surface area contributed by atoms with Crippen LogP contribution in [0.2, 0.25) is 0 Å². The lowest BCUT2D eigenvalue weighted by Gasteiger charge is -2.04. The van der Waals surface area contributed by atoms with E-state index in [9.17, 15) is 4.39 Å². The molecule has 0 atom stereocenters. The van der Waals surface area contributed by atoms with Gasteiger partial charge in [0.1, 0.15) is 0 Å². The number of ether oxygens (including phenoxy) is 1. The fourth-order valence-electron chi connectivity index (χ4n) is 1.55. The zero-order chi connectivity index (χ0) is 13.0. The third-order valence-electron chi connectivity index (χ3n) is 2.50. The first kappa shape index (κ1) is 12.5. The number of rotatable bonds is 5. The van der Waals surface area contributed by atoms with E-state index in [-0.39, 0.29) is 5.75 Å². The van der Waals surface area contributed by atoms with Crippen LogP contribution in [0.5, 0.6) is 5.75 Å². The van der Waals surface area contributed by atoms with Crippen molar-refractivity contribution in [3.8, 4) is 11.4 Å². The van der Waals surface area contributed by atoms with Gasteiger partial charge in [0.25, 0.3) is 0 Å². The van der Waals surface area contributed by atoms with E-state index in [1.807, 2.05) is 6.92 Å². The summed E-state index contributed by atoms with van der Waals surface area (Å²) in [5.74, 6) is -0.203. The summed E-state index contributed by atoms with van der Waals surface area (Å²) in [5.41, 5.74) is 1.55. The molecular formula is C12H15FN4O. The summed E-state index contributed by atoms with van der Waals surface area (Å²) in [4.78, 5) is 0. The van der Waals surface area contributed by atoms with Gasteiger partial charge >= 0.3 is 0 Å². The molecule has 0 saturated carbocycles. The van der Waals surface area contributed by atoms with Crippen molar-refractivity contribution >= 4 is 0 Å². The lowest BCUT2D eigenvalue weighted by molar-refractivity contribution is 0.386. The second kappa shape index (κ2) is 5.59. The van der Waals surface area contributed by atoms with Crippen LogP contribution in [-0.2, 0) is 6.54 Å². The van der Waals surface area contributed by atoms with Crippen molar-refractivity contribution in [1.29, 1.82) is 0 Å². The van der Waals surface area contributed by atoms with Crippen LogP contribution in [0.4, 0.5) is 4.39 Å². The zero-order valence-electron chi connectivity index (χ0n) is 10.4. The Hall–Kier alpha value is -1.95. The maximum absolute atomic E-state index is 13.3. The number of aromatic nitrogens is 3. The average molecular weight is 250 g/mol. The number of hydrogen-bond acceptors (Lipinski definition) is 4. The summed E-state index contributed by atoms with van der Waals surface area (Å²) in [7, 11) is 1.43. The lowest BCUT2D eigenvalue weighted by Crippen LogP contribution is -2.11. The van der Waals surface area contributed by atoms with Crippen LogP contribution in [0.25, 0.3) is 5.69 Å². The fourth-order valence-corrected chi connectivity index (χ4v) is 1.55. The predicted molar refractivity (Wildman–Crippen MR) is 65.2 cm³/mol. The summed E-state index contributed by atoms with van der Waals surface area (Å²) in [6.45, 7) is 3.56. The van der Waals surface area contributed by atoms with E-state index in [4.69, 9.17) is 4.74 Å². The van der Waals surface area contributed by atoms with Gasteiger partial charge in [-0.1, -0.05) is 12.1 Å². The van der Waals surface area contributed by atoms with Crippen molar-refractivity contribution < 1.29 is 9.13 Å². The van der Waals surface area contributed by atoms with Gasteiger partial charge in [-0.25, -0.2) is 9.07 Å². The van der Waals surface area contributed by atoms with Gasteiger partial charge < -0.3 is 10.1 Å². The molecule has 0 fully saturated rings. The standard InChI is InChI=1S/C12H15FN4O/c1-3-14-7-9-8-17(16-15-9)10-4-5-11(13)12(6-10)18-2/h4-6,8,14H,3,7H2,1-2H3. The Morgan fingerprint density at radius 2 is 2.28 bits per heavy atom. The molecule has 1 aromatic carbocycles. The van der Waals surface area contributed by atoms with Gasteiger partial charge in [0.2, 0.25) is 0 Å². The summed E-state index contributed by atoms with van der Waals surface area (Å²) in [6.07, 6.45) is 1.80. The molecule has 0 aliphatic carbocycles. The molecule has 0 unspecified atom stereocenters. The second-order valence-electron chi connectivity index (χ2n) is 3.75. The van der Waals surface area contributed by atoms with Gasteiger partial charge in [0.05, 0.1) is 24.7 Å². The first-order valence-corrected chi connectivity index (χ1v) is 5.70. The number of nitrogens with zero attached hydrogens (tertiary/aromatic N) is 3. The molecule has 0 aliphatic rings. The van der Waals surface area contributed by atoms with E-state index >= 15 is 0 Å². The Bertz CT molecular complexity index is 527. The van der Waals surface area contributed by atoms with E-state index in [0.717, 1.165) is 12.2 Å². The minimum Gasteiger partial charge on any atom is -0.494 e. The highest BCUT2D eigenvalue weighted by Gasteiger charge is 2.07. The van der Waals surface area contributed by atoms with Crippen LogP contribution in [0.3, 0.4) is 0 Å². The number of benzene rings is 1. The Labute approximate surface area is 105 Å². The van der Waals surface area contributed by atoms with E-state index < -0.39 is 5.82 Å². The fraction of sp³-hybridized carbons (Fsp3) is 0.333. The summed E-state index contributed by atoms with van der Waals surface area (Å²) < 4.78 is 19.8. The van der Waals surface area contributed by atoms with Gasteiger partial charge in [0.15, 0.2) is 11.6 Å². The summed E-state index contributed by atoms with van der Waals surface area (Å²) >= 11 is 0. The van der Waals surface area contributed by atoms with Crippen LogP contribution < -0.4 is 10.1 Å². The molecule has 0 spiro atoms. The van der Waals surface area contributed by atoms with Gasteiger partial charge in [-0.3, -0.25) is 0 Å². The maximum atomic E-state index is 13.3. The molecule has 0 aliphatic heterocycles. The molecule has 1 heterocycles. The molecule has 18 heavy (non-hydrogen) atoms. The van der Waals surface area contributed by atoms with Crippen molar-refractivity contribution in [2.75, 3.05) is 13.7 Å². The van der Waals surface area contributed by atoms with Crippen LogP contribution in [-0.4, -0.2) is 28.6 Å². The maximum Gasteiger partial charge on any atom is 0.165 e. The molecule has 2 aromatic rings. The number of halogens is 1. The second-order valence-corrected chi connectivity index (χ2v) is 3.75. The molecule has 2 rings (SSSR count). The normalized spacial score (nSPS) is 10.6. The first-order valence-electron chi connectivity index (χ1n) is 5.70. The SMILES string of the molecule is CCNCc1cn(-c2ccc(F)c(OC)c2)nn1. The molecule has 0 saturated heterocycles. The molecule has 0 amide bonds. The Morgan fingerprint density at radius 3 is 3.00 bits per heavy atom. The van der Waals surface area contributed by atoms with Crippen LogP contribution >= 0.6 is 0 Å². The van der Waals surface area contributed by atoms with Gasteiger partial charge in [-0.15, -0.1) is 5.10 Å². The minimum atomic E-state index is -0.394. The minimum absolute atomic E-state index is 0.191. The largest absolute Gasteiger partial charge is 0.494 e. The van der Waals surface area contributed by atoms with E-state index in [2.05, 4.69) is 15.6 Å². The lowest BCUT2D eigenvalue weighted by atomic mass is 10.3. The molecule has 6 heteroatoms. The van der Waals surface area contributed by atoms with E-state index in [1.54, 1.807) is 23.0 Å². The highest BCUT2D eigenvalue weighted by molar-refractivity contribution is 5.39. The van der Waals surface area contributed by atoms with Crippen LogP contribution in [0, 0.1) is 5.82 Å². The molecule has 1 N–H and O–H groups in total. The van der Waals surface area contributed by atoms with Crippen molar-refractivity contribution in [1.82, 2.24) is 20.3 Å². The highest BCUT2D eigenvalue weighted by atomic mass is 19.1. The van der Waals surface area contributed by atoms with Crippen LogP contribution in [0.1, 0.15) is 12.6 Å². The molecule has 0 bridgehead atoms. The van der Waals surface area contributed by atoms with Gasteiger partial charge in [0, 0.05) is 12.6 Å². The molecule has 96 valence electrons. The number of nitrogens with one attached hydrogen (secondary N) is 1. The number of hydrogen-bond donors (Lipinski definition) is 1. The monoisotopic (exact) mass is 250 g/mol. The van der Waals surface area contributed by atoms with E-state index in [1.165, 1.54) is 13.2 Å².